The van der Waals surface area contributed by atoms with Crippen molar-refractivity contribution in [2.45, 2.75) is 6.92 Å². The van der Waals surface area contributed by atoms with E-state index in [9.17, 15) is 14.4 Å². The molecule has 5 nitrogen and oxygen atoms in total. The number of nitrogens with one attached hydrogen (secondary N) is 1. The second kappa shape index (κ2) is 7.66. The molecule has 0 spiro atoms. The van der Waals surface area contributed by atoms with Gasteiger partial charge in [-0.05, 0) is 30.3 Å². The molecule has 0 unspecified atom stereocenters. The maximum Gasteiger partial charge on any atom is 0.256 e. The van der Waals surface area contributed by atoms with Crippen molar-refractivity contribution in [1.29, 1.82) is 0 Å². The molecule has 0 bridgehead atoms. The monoisotopic (exact) mass is 422 g/mol. The van der Waals surface area contributed by atoms with E-state index in [4.69, 9.17) is 11.6 Å². The van der Waals surface area contributed by atoms with Crippen molar-refractivity contribution in [2.75, 3.05) is 5.32 Å². The molecule has 2 aromatic carbocycles. The van der Waals surface area contributed by atoms with Gasteiger partial charge in [-0.2, -0.15) is 0 Å². The highest BCUT2D eigenvalue weighted by Crippen LogP contribution is 2.38. The van der Waals surface area contributed by atoms with Crippen LogP contribution < -0.4 is 10.9 Å². The second-order valence-electron chi connectivity index (χ2n) is 6.36. The summed E-state index contributed by atoms with van der Waals surface area (Å²) in [6, 6.07) is 18.9. The van der Waals surface area contributed by atoms with E-state index in [0.717, 1.165) is 0 Å². The van der Waals surface area contributed by atoms with Gasteiger partial charge in [0.05, 0.1) is 16.3 Å². The lowest BCUT2D eigenvalue weighted by molar-refractivity contribution is -0.114. The number of halogens is 1. The van der Waals surface area contributed by atoms with E-state index in [1.165, 1.54) is 28.9 Å². The summed E-state index contributed by atoms with van der Waals surface area (Å²) in [5.74, 6) is -0.623. The fourth-order valence-corrected chi connectivity index (χ4v) is 4.64. The number of hydrogen-bond donors (Lipinski definition) is 1. The minimum atomic E-state index is -0.316. The van der Waals surface area contributed by atoms with Crippen molar-refractivity contribution in [3.05, 3.63) is 93.2 Å². The highest BCUT2D eigenvalue weighted by Gasteiger charge is 2.24. The van der Waals surface area contributed by atoms with Crippen LogP contribution in [0.5, 0.6) is 0 Å². The number of nitrogens with zero attached hydrogens (tertiary/aromatic N) is 1. The zero-order chi connectivity index (χ0) is 20.5. The Kier molecular flexibility index (Phi) is 5.05. The van der Waals surface area contributed by atoms with Crippen molar-refractivity contribution in [2.24, 2.45) is 0 Å². The van der Waals surface area contributed by atoms with Crippen LogP contribution in [0.4, 0.5) is 5.00 Å². The van der Waals surface area contributed by atoms with Crippen LogP contribution in [-0.4, -0.2) is 16.3 Å². The van der Waals surface area contributed by atoms with Crippen molar-refractivity contribution in [3.63, 3.8) is 0 Å². The van der Waals surface area contributed by atoms with Crippen LogP contribution in [0.15, 0.2) is 71.5 Å². The fourth-order valence-electron chi connectivity index (χ4n) is 3.16. The molecule has 0 fully saturated rings. The number of fused-ring (bicyclic) bond motifs is 1. The maximum atomic E-state index is 13.4. The molecular formula is C22H15ClN2O3S. The van der Waals surface area contributed by atoms with Gasteiger partial charge >= 0.3 is 0 Å². The number of carbonyl (C=O) groups excluding carboxylic acids is 2. The quantitative estimate of drug-likeness (QED) is 0.476. The molecule has 7 heteroatoms. The minimum Gasteiger partial charge on any atom is -0.317 e. The van der Waals surface area contributed by atoms with Crippen LogP contribution in [0.3, 0.4) is 0 Å². The van der Waals surface area contributed by atoms with E-state index in [0.29, 0.717) is 37.1 Å². The first-order valence-corrected chi connectivity index (χ1v) is 9.97. The summed E-state index contributed by atoms with van der Waals surface area (Å²) in [7, 11) is 0. The Balaban J connectivity index is 2.03. The maximum absolute atomic E-state index is 13.4. The highest BCUT2D eigenvalue weighted by atomic mass is 35.5. The van der Waals surface area contributed by atoms with Gasteiger partial charge in [0, 0.05) is 23.9 Å². The second-order valence-corrected chi connectivity index (χ2v) is 7.76. The third-order valence-electron chi connectivity index (χ3n) is 4.39. The smallest absolute Gasteiger partial charge is 0.256 e. The van der Waals surface area contributed by atoms with Gasteiger partial charge in [-0.1, -0.05) is 53.3 Å². The van der Waals surface area contributed by atoms with Gasteiger partial charge in [-0.3, -0.25) is 19.0 Å². The molecule has 0 aliphatic heterocycles. The molecule has 0 saturated heterocycles. The summed E-state index contributed by atoms with van der Waals surface area (Å²) < 4.78 is 1.54. The predicted molar refractivity (Wildman–Crippen MR) is 117 cm³/mol. The normalized spacial score (nSPS) is 10.8. The van der Waals surface area contributed by atoms with E-state index >= 15 is 0 Å². The lowest BCUT2D eigenvalue weighted by Crippen LogP contribution is -2.16. The topological polar surface area (TPSA) is 68.2 Å². The molecule has 1 amide bonds. The van der Waals surface area contributed by atoms with E-state index in [-0.39, 0.29) is 17.2 Å². The Morgan fingerprint density at radius 2 is 1.66 bits per heavy atom. The average molecular weight is 423 g/mol. The molecule has 4 aromatic rings. The van der Waals surface area contributed by atoms with Crippen LogP contribution in [0, 0.1) is 0 Å². The van der Waals surface area contributed by atoms with Gasteiger partial charge in [0.2, 0.25) is 5.91 Å². The molecule has 0 aliphatic carbocycles. The van der Waals surface area contributed by atoms with E-state index in [1.54, 1.807) is 30.3 Å². The van der Waals surface area contributed by atoms with Crippen molar-refractivity contribution in [3.8, 4) is 5.69 Å². The average Bonchev–Trinajstić information content (AvgIpc) is 3.05. The standard InChI is InChI=1S/C22H15ClN2O3S/c1-13(26)24-21-19(20(28)15-9-5-6-10-17(15)23)16-11-12-18(27)25(22(16)29-21)14-7-3-2-4-8-14/h2-12H,1H3,(H,24,26). The Morgan fingerprint density at radius 1 is 0.966 bits per heavy atom. The van der Waals surface area contributed by atoms with Gasteiger partial charge in [0.1, 0.15) is 9.83 Å². The van der Waals surface area contributed by atoms with E-state index < -0.39 is 0 Å². The number of aromatic nitrogens is 1. The number of rotatable bonds is 4. The van der Waals surface area contributed by atoms with Crippen molar-refractivity contribution >= 4 is 49.8 Å². The molecule has 0 aliphatic rings. The zero-order valence-electron chi connectivity index (χ0n) is 15.3. The Labute approximate surface area is 175 Å². The Bertz CT molecular complexity index is 1310. The number of ketones is 1. The summed E-state index contributed by atoms with van der Waals surface area (Å²) in [5.41, 5.74) is 1.10. The third kappa shape index (κ3) is 3.48. The number of carbonyl (C=O) groups is 2. The number of anilines is 1. The van der Waals surface area contributed by atoms with Crippen molar-refractivity contribution < 1.29 is 9.59 Å². The summed E-state index contributed by atoms with van der Waals surface area (Å²) >= 11 is 7.42. The fraction of sp³-hybridized carbons (Fsp3) is 0.0455. The zero-order valence-corrected chi connectivity index (χ0v) is 16.9. The number of para-hydroxylation sites is 1. The third-order valence-corrected chi connectivity index (χ3v) is 5.83. The van der Waals surface area contributed by atoms with Gasteiger partial charge in [0.25, 0.3) is 5.56 Å². The number of benzene rings is 2. The molecule has 0 saturated carbocycles. The number of hydrogen-bond acceptors (Lipinski definition) is 4. The molecule has 4 rings (SSSR count). The summed E-state index contributed by atoms with van der Waals surface area (Å²) in [6.45, 7) is 1.37. The first-order valence-electron chi connectivity index (χ1n) is 8.78. The van der Waals surface area contributed by atoms with Crippen LogP contribution in [0.25, 0.3) is 15.9 Å². The lowest BCUT2D eigenvalue weighted by Gasteiger charge is -2.08. The van der Waals surface area contributed by atoms with Crippen LogP contribution in [0.2, 0.25) is 5.02 Å². The molecule has 29 heavy (non-hydrogen) atoms. The summed E-state index contributed by atoms with van der Waals surface area (Å²) in [4.78, 5) is 38.4. The Morgan fingerprint density at radius 3 is 2.34 bits per heavy atom. The van der Waals surface area contributed by atoms with Crippen molar-refractivity contribution in [1.82, 2.24) is 4.57 Å². The first kappa shape index (κ1) is 19.1. The molecule has 2 heterocycles. The van der Waals surface area contributed by atoms with Crippen LogP contribution in [0.1, 0.15) is 22.8 Å². The molecule has 144 valence electrons. The van der Waals surface area contributed by atoms with Gasteiger partial charge in [0.15, 0.2) is 5.78 Å². The number of pyridine rings is 1. The van der Waals surface area contributed by atoms with Gasteiger partial charge in [-0.25, -0.2) is 0 Å². The molecule has 2 aromatic heterocycles. The highest BCUT2D eigenvalue weighted by molar-refractivity contribution is 7.23. The molecule has 0 radical (unpaired) electrons. The summed E-state index contributed by atoms with van der Waals surface area (Å²) in [5, 5.41) is 4.01. The van der Waals surface area contributed by atoms with Crippen LogP contribution >= 0.6 is 22.9 Å². The predicted octanol–water partition coefficient (Wildman–Crippen LogP) is 4.90. The number of thiophene rings is 1. The van der Waals surface area contributed by atoms with Crippen LogP contribution in [-0.2, 0) is 4.79 Å². The molecule has 0 atom stereocenters. The lowest BCUT2D eigenvalue weighted by atomic mass is 10.0. The van der Waals surface area contributed by atoms with E-state index in [1.807, 2.05) is 30.3 Å². The largest absolute Gasteiger partial charge is 0.317 e. The van der Waals surface area contributed by atoms with Gasteiger partial charge in [-0.15, -0.1) is 0 Å². The first-order chi connectivity index (χ1) is 14.0. The van der Waals surface area contributed by atoms with Gasteiger partial charge < -0.3 is 5.32 Å². The SMILES string of the molecule is CC(=O)Nc1sc2c(ccc(=O)n2-c2ccccc2)c1C(=O)c1ccccc1Cl. The number of amides is 1. The Hall–Kier alpha value is -3.22. The minimum absolute atomic E-state index is 0.226. The van der Waals surface area contributed by atoms with E-state index in [2.05, 4.69) is 5.32 Å². The molecular weight excluding hydrogens is 408 g/mol. The molecule has 1 N–H and O–H groups in total. The summed E-state index contributed by atoms with van der Waals surface area (Å²) in [6.07, 6.45) is 0.